The maximum absolute atomic E-state index is 13.1. The maximum Gasteiger partial charge on any atom is 0.255 e. The molecule has 1 aliphatic heterocycles. The molecule has 0 radical (unpaired) electrons. The van der Waals surface area contributed by atoms with Gasteiger partial charge in [-0.25, -0.2) is 4.39 Å². The van der Waals surface area contributed by atoms with Crippen molar-refractivity contribution in [1.82, 2.24) is 0 Å². The van der Waals surface area contributed by atoms with Crippen LogP contribution in [0.15, 0.2) is 66.7 Å². The van der Waals surface area contributed by atoms with E-state index in [0.29, 0.717) is 11.3 Å². The van der Waals surface area contributed by atoms with E-state index < -0.39 is 0 Å². The summed E-state index contributed by atoms with van der Waals surface area (Å²) in [5, 5.41) is 12.8. The van der Waals surface area contributed by atoms with Crippen molar-refractivity contribution < 1.29 is 13.9 Å². The van der Waals surface area contributed by atoms with Crippen molar-refractivity contribution in [3.63, 3.8) is 0 Å². The Morgan fingerprint density at radius 3 is 2.42 bits per heavy atom. The molecule has 33 heavy (non-hydrogen) atoms. The molecule has 0 saturated carbocycles. The number of anilines is 2. The molecular weight excluding hydrogens is 417 g/mol. The third kappa shape index (κ3) is 4.54. The van der Waals surface area contributed by atoms with Crippen LogP contribution < -0.4 is 15.0 Å². The van der Waals surface area contributed by atoms with Crippen LogP contribution in [0, 0.1) is 17.1 Å². The number of nitrogens with one attached hydrogen (secondary N) is 1. The summed E-state index contributed by atoms with van der Waals surface area (Å²) >= 11 is 0. The summed E-state index contributed by atoms with van der Waals surface area (Å²) in [6, 6.07) is 21.2. The SMILES string of the molecule is CCN1c2cc(OC(C)C)ccc2C(C#N)C1c1ccc(NC(=O)c2ccc(F)cc2)cc1. The molecule has 2 atom stereocenters. The van der Waals surface area contributed by atoms with Crippen molar-refractivity contribution in [3.8, 4) is 11.8 Å². The molecule has 0 aliphatic carbocycles. The number of benzene rings is 3. The molecule has 6 heteroatoms. The summed E-state index contributed by atoms with van der Waals surface area (Å²) in [5.41, 5.74) is 4.02. The second-order valence-electron chi connectivity index (χ2n) is 8.31. The normalized spacial score (nSPS) is 16.9. The van der Waals surface area contributed by atoms with Crippen LogP contribution in [0.1, 0.15) is 54.2 Å². The zero-order chi connectivity index (χ0) is 23.5. The minimum Gasteiger partial charge on any atom is -0.491 e. The Morgan fingerprint density at radius 1 is 1.12 bits per heavy atom. The minimum atomic E-state index is -0.385. The van der Waals surface area contributed by atoms with E-state index >= 15 is 0 Å². The Bertz CT molecular complexity index is 1180. The number of carbonyl (C=O) groups is 1. The van der Waals surface area contributed by atoms with Gasteiger partial charge in [-0.2, -0.15) is 5.26 Å². The van der Waals surface area contributed by atoms with Gasteiger partial charge in [0.15, 0.2) is 0 Å². The molecule has 5 nitrogen and oxygen atoms in total. The third-order valence-corrected chi connectivity index (χ3v) is 5.77. The predicted molar refractivity (Wildman–Crippen MR) is 127 cm³/mol. The van der Waals surface area contributed by atoms with E-state index in [1.165, 1.54) is 24.3 Å². The van der Waals surface area contributed by atoms with E-state index in [9.17, 15) is 14.4 Å². The smallest absolute Gasteiger partial charge is 0.255 e. The number of rotatable bonds is 6. The van der Waals surface area contributed by atoms with Gasteiger partial charge in [0.2, 0.25) is 0 Å². The van der Waals surface area contributed by atoms with Crippen LogP contribution >= 0.6 is 0 Å². The molecule has 4 rings (SSSR count). The first-order valence-corrected chi connectivity index (χ1v) is 11.0. The van der Waals surface area contributed by atoms with Crippen molar-refractivity contribution in [1.29, 1.82) is 5.26 Å². The first kappa shape index (κ1) is 22.3. The van der Waals surface area contributed by atoms with Crippen LogP contribution in [0.4, 0.5) is 15.8 Å². The van der Waals surface area contributed by atoms with Gasteiger partial charge in [-0.15, -0.1) is 0 Å². The molecule has 2 unspecified atom stereocenters. The standard InChI is InChI=1S/C27H26FN3O2/c1-4-31-25-15-22(33-17(2)3)13-14-23(25)24(16-29)26(31)18-7-11-21(12-8-18)30-27(32)19-5-9-20(28)10-6-19/h5-15,17,24,26H,4H2,1-3H3,(H,30,32). The van der Waals surface area contributed by atoms with E-state index in [-0.39, 0.29) is 29.8 Å². The summed E-state index contributed by atoms with van der Waals surface area (Å²) < 4.78 is 19.0. The van der Waals surface area contributed by atoms with Crippen LogP contribution in [0.3, 0.4) is 0 Å². The van der Waals surface area contributed by atoms with E-state index in [1.54, 1.807) is 0 Å². The van der Waals surface area contributed by atoms with Crippen molar-refractivity contribution in [2.75, 3.05) is 16.8 Å². The second-order valence-corrected chi connectivity index (χ2v) is 8.31. The van der Waals surface area contributed by atoms with Crippen LogP contribution in [-0.2, 0) is 0 Å². The molecule has 0 spiro atoms. The monoisotopic (exact) mass is 443 g/mol. The Labute approximate surface area is 193 Å². The third-order valence-electron chi connectivity index (χ3n) is 5.77. The average molecular weight is 444 g/mol. The Balaban J connectivity index is 1.57. The molecule has 0 bridgehead atoms. The number of ether oxygens (including phenoxy) is 1. The molecule has 0 saturated heterocycles. The summed E-state index contributed by atoms with van der Waals surface area (Å²) in [4.78, 5) is 14.6. The number of amides is 1. The highest BCUT2D eigenvalue weighted by Gasteiger charge is 2.39. The lowest BCUT2D eigenvalue weighted by atomic mass is 9.91. The predicted octanol–water partition coefficient (Wildman–Crippen LogP) is 6.05. The molecule has 1 N–H and O–H groups in total. The highest BCUT2D eigenvalue weighted by molar-refractivity contribution is 6.04. The number of nitriles is 1. The molecule has 1 aliphatic rings. The van der Waals surface area contributed by atoms with Crippen LogP contribution in [0.2, 0.25) is 0 Å². The van der Waals surface area contributed by atoms with Gasteiger partial charge < -0.3 is 15.0 Å². The summed E-state index contributed by atoms with van der Waals surface area (Å²) in [6.07, 6.45) is 0.0692. The average Bonchev–Trinajstić information content (AvgIpc) is 3.12. The van der Waals surface area contributed by atoms with Gasteiger partial charge in [0.1, 0.15) is 11.6 Å². The number of nitrogens with zero attached hydrogens (tertiary/aromatic N) is 2. The molecule has 0 fully saturated rings. The lowest BCUT2D eigenvalue weighted by molar-refractivity contribution is 0.102. The fourth-order valence-corrected chi connectivity index (χ4v) is 4.33. The second kappa shape index (κ2) is 9.33. The van der Waals surface area contributed by atoms with Crippen LogP contribution in [0.25, 0.3) is 0 Å². The fourth-order valence-electron chi connectivity index (χ4n) is 4.33. The van der Waals surface area contributed by atoms with E-state index in [0.717, 1.165) is 29.1 Å². The lowest BCUT2D eigenvalue weighted by Gasteiger charge is -2.28. The van der Waals surface area contributed by atoms with Gasteiger partial charge in [0.25, 0.3) is 5.91 Å². The van der Waals surface area contributed by atoms with E-state index in [4.69, 9.17) is 4.74 Å². The topological polar surface area (TPSA) is 65.4 Å². The van der Waals surface area contributed by atoms with Gasteiger partial charge in [-0.05, 0) is 74.4 Å². The number of halogens is 1. The number of hydrogen-bond acceptors (Lipinski definition) is 4. The zero-order valence-corrected chi connectivity index (χ0v) is 18.9. The van der Waals surface area contributed by atoms with Crippen molar-refractivity contribution in [2.24, 2.45) is 0 Å². The number of hydrogen-bond donors (Lipinski definition) is 1. The largest absolute Gasteiger partial charge is 0.491 e. The van der Waals surface area contributed by atoms with Gasteiger partial charge >= 0.3 is 0 Å². The first-order chi connectivity index (χ1) is 15.9. The Kier molecular flexibility index (Phi) is 6.32. The van der Waals surface area contributed by atoms with Crippen molar-refractivity contribution in [2.45, 2.75) is 38.8 Å². The molecule has 168 valence electrons. The minimum absolute atomic E-state index is 0.0692. The Hall–Kier alpha value is -3.85. The molecule has 3 aromatic rings. The molecule has 1 amide bonds. The number of likely N-dealkylation sites (N-methyl/N-ethyl adjacent to an activating group) is 1. The van der Waals surface area contributed by atoms with E-state index in [2.05, 4.69) is 23.2 Å². The van der Waals surface area contributed by atoms with E-state index in [1.807, 2.05) is 56.3 Å². The van der Waals surface area contributed by atoms with Gasteiger partial charge in [0, 0.05) is 29.5 Å². The summed E-state index contributed by atoms with van der Waals surface area (Å²) in [6.45, 7) is 6.79. The van der Waals surface area contributed by atoms with Crippen LogP contribution in [-0.4, -0.2) is 18.6 Å². The first-order valence-electron chi connectivity index (χ1n) is 11.0. The molecular formula is C27H26FN3O2. The summed E-state index contributed by atoms with van der Waals surface area (Å²) in [5.74, 6) is -0.214. The molecule has 1 heterocycles. The van der Waals surface area contributed by atoms with Crippen LogP contribution in [0.5, 0.6) is 5.75 Å². The molecule has 0 aromatic heterocycles. The van der Waals surface area contributed by atoms with Gasteiger partial charge in [0.05, 0.1) is 24.1 Å². The van der Waals surface area contributed by atoms with Crippen molar-refractivity contribution in [3.05, 3.63) is 89.2 Å². The Morgan fingerprint density at radius 2 is 1.82 bits per heavy atom. The quantitative estimate of drug-likeness (QED) is 0.503. The summed E-state index contributed by atoms with van der Waals surface area (Å²) in [7, 11) is 0. The number of carbonyl (C=O) groups excluding carboxylic acids is 1. The highest BCUT2D eigenvalue weighted by atomic mass is 19.1. The fraction of sp³-hybridized carbons (Fsp3) is 0.259. The lowest BCUT2D eigenvalue weighted by Crippen LogP contribution is -2.26. The highest BCUT2D eigenvalue weighted by Crippen LogP contribution is 2.49. The molecule has 3 aromatic carbocycles. The van der Waals surface area contributed by atoms with Gasteiger partial charge in [-0.3, -0.25) is 4.79 Å². The zero-order valence-electron chi connectivity index (χ0n) is 18.9. The van der Waals surface area contributed by atoms with Crippen molar-refractivity contribution >= 4 is 17.3 Å². The maximum atomic E-state index is 13.1. The van der Waals surface area contributed by atoms with Gasteiger partial charge in [-0.1, -0.05) is 18.2 Å². The number of fused-ring (bicyclic) bond motifs is 1.